The van der Waals surface area contributed by atoms with Gasteiger partial charge in [0.1, 0.15) is 19.5 Å². The van der Waals surface area contributed by atoms with E-state index in [1.54, 1.807) is 11.6 Å². The van der Waals surface area contributed by atoms with Gasteiger partial charge in [-0.1, -0.05) is 0 Å². The van der Waals surface area contributed by atoms with Crippen LogP contribution in [0.1, 0.15) is 10.4 Å². The molecule has 1 aliphatic heterocycles. The van der Waals surface area contributed by atoms with Crippen molar-refractivity contribution in [1.82, 2.24) is 19.7 Å². The highest BCUT2D eigenvalue weighted by atomic mass is 32.2. The number of fused-ring (bicyclic) bond motifs is 1. The molecule has 0 unspecified atom stereocenters. The molecule has 2 aromatic heterocycles. The number of nitrogens with one attached hydrogen (secondary N) is 1. The zero-order valence-electron chi connectivity index (χ0n) is 17.6. The van der Waals surface area contributed by atoms with Gasteiger partial charge in [0.15, 0.2) is 21.8 Å². The molecule has 3 heterocycles. The fourth-order valence-electron chi connectivity index (χ4n) is 3.19. The first kappa shape index (κ1) is 21.9. The number of carbonyl (C=O) groups is 1. The average molecular weight is 497 g/mol. The van der Waals surface area contributed by atoms with Gasteiger partial charge in [-0.2, -0.15) is 0 Å². The van der Waals surface area contributed by atoms with E-state index in [0.29, 0.717) is 45.6 Å². The number of rotatable bonds is 6. The van der Waals surface area contributed by atoms with E-state index in [9.17, 15) is 14.9 Å². The summed E-state index contributed by atoms with van der Waals surface area (Å²) >= 11 is 2.35. The fourth-order valence-corrected chi connectivity index (χ4v) is 4.75. The number of hydrogen-bond donors (Lipinski definition) is 1. The molecule has 5 rings (SSSR count). The minimum absolute atomic E-state index is 0.144. The van der Waals surface area contributed by atoms with Gasteiger partial charge in [0, 0.05) is 29.6 Å². The van der Waals surface area contributed by atoms with Crippen molar-refractivity contribution in [2.24, 2.45) is 7.05 Å². The van der Waals surface area contributed by atoms with Gasteiger partial charge in [0.05, 0.1) is 15.5 Å². The second-order valence-corrected chi connectivity index (χ2v) is 8.98. The lowest BCUT2D eigenvalue weighted by Crippen LogP contribution is -2.15. The summed E-state index contributed by atoms with van der Waals surface area (Å²) < 4.78 is 12.8. The number of thiazole rings is 1. The van der Waals surface area contributed by atoms with E-state index in [0.717, 1.165) is 17.3 Å². The smallest absolute Gasteiger partial charge is 0.284 e. The molecule has 0 saturated carbocycles. The average Bonchev–Trinajstić information content (AvgIpc) is 3.47. The fraction of sp³-hybridized carbons (Fsp3) is 0.143. The third-order valence-corrected chi connectivity index (χ3v) is 6.73. The zero-order valence-corrected chi connectivity index (χ0v) is 19.3. The first-order valence-corrected chi connectivity index (χ1v) is 11.6. The van der Waals surface area contributed by atoms with Crippen LogP contribution in [0.4, 0.5) is 10.8 Å². The number of nitro benzene ring substituents is 1. The molecule has 0 bridgehead atoms. The summed E-state index contributed by atoms with van der Waals surface area (Å²) in [6, 6.07) is 9.81. The van der Waals surface area contributed by atoms with Crippen LogP contribution in [0.5, 0.6) is 11.5 Å². The van der Waals surface area contributed by atoms with Crippen LogP contribution in [0.15, 0.2) is 58.2 Å². The number of aromatic nitrogens is 4. The van der Waals surface area contributed by atoms with Crippen LogP contribution in [0.2, 0.25) is 0 Å². The number of nitro groups is 1. The third-order valence-electron chi connectivity index (χ3n) is 4.85. The van der Waals surface area contributed by atoms with Crippen LogP contribution >= 0.6 is 23.1 Å². The van der Waals surface area contributed by atoms with Crippen LogP contribution < -0.4 is 14.8 Å². The Kier molecular flexibility index (Phi) is 5.86. The Morgan fingerprint density at radius 3 is 2.79 bits per heavy atom. The highest BCUT2D eigenvalue weighted by Crippen LogP contribution is 2.36. The number of benzene rings is 2. The Labute approximate surface area is 200 Å². The number of nitrogens with zero attached hydrogens (tertiary/aromatic N) is 5. The summed E-state index contributed by atoms with van der Waals surface area (Å²) in [4.78, 5) is 28.7. The molecule has 1 aliphatic rings. The highest BCUT2D eigenvalue weighted by Gasteiger charge is 2.21. The van der Waals surface area contributed by atoms with Gasteiger partial charge in [-0.25, -0.2) is 4.98 Å². The molecule has 0 spiro atoms. The van der Waals surface area contributed by atoms with Crippen molar-refractivity contribution in [3.05, 3.63) is 63.8 Å². The predicted molar refractivity (Wildman–Crippen MR) is 125 cm³/mol. The van der Waals surface area contributed by atoms with Crippen LogP contribution in [0.3, 0.4) is 0 Å². The first-order valence-electron chi connectivity index (χ1n) is 9.95. The van der Waals surface area contributed by atoms with Crippen molar-refractivity contribution in [2.75, 3.05) is 18.5 Å². The van der Waals surface area contributed by atoms with E-state index in [1.807, 2.05) is 23.6 Å². The van der Waals surface area contributed by atoms with Crippen molar-refractivity contribution in [2.45, 2.75) is 10.1 Å². The summed E-state index contributed by atoms with van der Waals surface area (Å²) in [5, 5.41) is 24.7. The lowest BCUT2D eigenvalue weighted by Gasteiger charge is -2.18. The molecule has 2 aromatic carbocycles. The minimum Gasteiger partial charge on any atom is -0.486 e. The van der Waals surface area contributed by atoms with Crippen LogP contribution in [-0.2, 0) is 7.05 Å². The van der Waals surface area contributed by atoms with E-state index < -0.39 is 10.8 Å². The lowest BCUT2D eigenvalue weighted by atomic mass is 10.1. The molecule has 1 N–H and O–H groups in total. The standard InChI is InChI=1S/C21H16N6O5S2/c1-26-11-22-25-21(26)34-18-5-3-13(8-15(18)27(29)30)19(28)24-20-23-14(10-33-20)12-2-4-16-17(9-12)32-7-6-31-16/h2-5,8-11H,6-7H2,1H3,(H,23,24,28). The van der Waals surface area contributed by atoms with Crippen LogP contribution in [0.25, 0.3) is 11.3 Å². The van der Waals surface area contributed by atoms with E-state index in [4.69, 9.17) is 9.47 Å². The van der Waals surface area contributed by atoms with E-state index in [1.165, 1.54) is 35.9 Å². The normalized spacial score (nSPS) is 12.4. The maximum Gasteiger partial charge on any atom is 0.284 e. The molecule has 0 radical (unpaired) electrons. The second-order valence-electron chi connectivity index (χ2n) is 7.12. The summed E-state index contributed by atoms with van der Waals surface area (Å²) in [7, 11) is 1.74. The van der Waals surface area contributed by atoms with Gasteiger partial charge in [0.2, 0.25) is 0 Å². The molecule has 13 heteroatoms. The zero-order chi connectivity index (χ0) is 23.7. The lowest BCUT2D eigenvalue weighted by molar-refractivity contribution is -0.387. The third kappa shape index (κ3) is 4.43. The summed E-state index contributed by atoms with van der Waals surface area (Å²) in [6.07, 6.45) is 1.50. The number of ether oxygens (including phenoxy) is 2. The number of amides is 1. The van der Waals surface area contributed by atoms with E-state index >= 15 is 0 Å². The Morgan fingerprint density at radius 2 is 2.03 bits per heavy atom. The van der Waals surface area contributed by atoms with E-state index in [2.05, 4.69) is 20.5 Å². The Bertz CT molecular complexity index is 1400. The maximum atomic E-state index is 12.8. The Morgan fingerprint density at radius 1 is 1.21 bits per heavy atom. The molecule has 0 fully saturated rings. The van der Waals surface area contributed by atoms with Crippen molar-refractivity contribution >= 4 is 39.8 Å². The van der Waals surface area contributed by atoms with Gasteiger partial charge in [-0.15, -0.1) is 21.5 Å². The van der Waals surface area contributed by atoms with Gasteiger partial charge >= 0.3 is 0 Å². The molecule has 1 amide bonds. The minimum atomic E-state index is -0.529. The highest BCUT2D eigenvalue weighted by molar-refractivity contribution is 7.99. The summed E-state index contributed by atoms with van der Waals surface area (Å²) in [6.45, 7) is 0.994. The van der Waals surface area contributed by atoms with Crippen LogP contribution in [-0.4, -0.2) is 43.8 Å². The SMILES string of the molecule is Cn1cnnc1Sc1ccc(C(=O)Nc2nc(-c3ccc4c(c3)OCCO4)cs2)cc1[N+](=O)[O-]. The number of anilines is 1. The monoisotopic (exact) mass is 496 g/mol. The molecule has 34 heavy (non-hydrogen) atoms. The number of hydrogen-bond acceptors (Lipinski definition) is 10. The van der Waals surface area contributed by atoms with E-state index in [-0.39, 0.29) is 11.3 Å². The van der Waals surface area contributed by atoms with Gasteiger partial charge in [-0.3, -0.25) is 20.2 Å². The van der Waals surface area contributed by atoms with Crippen molar-refractivity contribution < 1.29 is 19.2 Å². The Balaban J connectivity index is 1.33. The van der Waals surface area contributed by atoms with Crippen molar-refractivity contribution in [3.8, 4) is 22.8 Å². The predicted octanol–water partition coefficient (Wildman–Crippen LogP) is 4.02. The number of carbonyl (C=O) groups excluding carboxylic acids is 1. The maximum absolute atomic E-state index is 12.8. The van der Waals surface area contributed by atoms with Gasteiger partial charge < -0.3 is 14.0 Å². The van der Waals surface area contributed by atoms with Crippen LogP contribution in [0, 0.1) is 10.1 Å². The molecule has 0 saturated heterocycles. The summed E-state index contributed by atoms with van der Waals surface area (Å²) in [5.41, 5.74) is 1.43. The van der Waals surface area contributed by atoms with Gasteiger partial charge in [0.25, 0.3) is 11.6 Å². The Hall–Kier alpha value is -3.97. The van der Waals surface area contributed by atoms with Crippen molar-refractivity contribution in [1.29, 1.82) is 0 Å². The second kappa shape index (κ2) is 9.11. The largest absolute Gasteiger partial charge is 0.486 e. The molecular weight excluding hydrogens is 480 g/mol. The topological polar surface area (TPSA) is 134 Å². The summed E-state index contributed by atoms with van der Waals surface area (Å²) in [5.74, 6) is 0.830. The first-order chi connectivity index (χ1) is 16.5. The molecule has 172 valence electrons. The molecule has 0 atom stereocenters. The van der Waals surface area contributed by atoms with Crippen molar-refractivity contribution in [3.63, 3.8) is 0 Å². The molecular formula is C21H16N6O5S2. The molecule has 0 aliphatic carbocycles. The molecule has 11 nitrogen and oxygen atoms in total. The molecule has 4 aromatic rings. The number of aryl methyl sites for hydroxylation is 1. The quantitative estimate of drug-likeness (QED) is 0.310. The van der Waals surface area contributed by atoms with Gasteiger partial charge in [-0.05, 0) is 42.1 Å².